The summed E-state index contributed by atoms with van der Waals surface area (Å²) >= 11 is 6.00. The summed E-state index contributed by atoms with van der Waals surface area (Å²) in [5.41, 5.74) is 0.959. The summed E-state index contributed by atoms with van der Waals surface area (Å²) in [6.45, 7) is 3.17. The molecule has 2 bridgehead atoms. The number of likely N-dealkylation sites (tertiary alicyclic amines) is 1. The normalized spacial score (nSPS) is 28.3. The van der Waals surface area contributed by atoms with Crippen LogP contribution in [0.15, 0.2) is 18.2 Å². The Labute approximate surface area is 114 Å². The molecular formula is C15H20ClNO. The molecule has 0 spiro atoms. The third kappa shape index (κ3) is 2.65. The van der Waals surface area contributed by atoms with Gasteiger partial charge in [0.1, 0.15) is 5.75 Å². The monoisotopic (exact) mass is 265 g/mol. The topological polar surface area (TPSA) is 23.5 Å². The number of hydrogen-bond acceptors (Lipinski definition) is 2. The lowest BCUT2D eigenvalue weighted by molar-refractivity contribution is 0.226. The fourth-order valence-corrected chi connectivity index (χ4v) is 3.69. The van der Waals surface area contributed by atoms with Crippen LogP contribution in [0.3, 0.4) is 0 Å². The Kier molecular flexibility index (Phi) is 3.49. The first-order valence-corrected chi connectivity index (χ1v) is 7.28. The van der Waals surface area contributed by atoms with E-state index < -0.39 is 0 Å². The summed E-state index contributed by atoms with van der Waals surface area (Å²) in [4.78, 5) is 2.48. The molecule has 98 valence electrons. The molecule has 2 aliphatic rings. The van der Waals surface area contributed by atoms with E-state index >= 15 is 0 Å². The van der Waals surface area contributed by atoms with E-state index in [0.717, 1.165) is 30.5 Å². The molecule has 2 fully saturated rings. The summed E-state index contributed by atoms with van der Waals surface area (Å²) in [5.74, 6) is 2.19. The van der Waals surface area contributed by atoms with Crippen LogP contribution < -0.4 is 0 Å². The number of phenols is 1. The van der Waals surface area contributed by atoms with Gasteiger partial charge in [-0.2, -0.15) is 0 Å². The van der Waals surface area contributed by atoms with E-state index in [9.17, 15) is 5.11 Å². The number of aromatic hydroxyl groups is 1. The van der Waals surface area contributed by atoms with Gasteiger partial charge >= 0.3 is 0 Å². The lowest BCUT2D eigenvalue weighted by atomic mass is 10.0. The highest BCUT2D eigenvalue weighted by molar-refractivity contribution is 6.30. The average Bonchev–Trinajstić information content (AvgIpc) is 2.67. The van der Waals surface area contributed by atoms with Gasteiger partial charge in [0, 0.05) is 23.7 Å². The second-order valence-electron chi connectivity index (χ2n) is 5.84. The molecule has 0 amide bonds. The maximum Gasteiger partial charge on any atom is 0.120 e. The molecular weight excluding hydrogens is 246 g/mol. The standard InChI is InChI=1S/C15H20ClNO/c16-14-3-4-15(18)13(8-14)10-17-6-5-11-1-2-12(7-11)9-17/h3-4,8,11-12,18H,1-2,5-7,9-10H2/t11-,12+/m1/s1. The molecule has 2 atom stereocenters. The number of benzene rings is 1. The molecule has 0 radical (unpaired) electrons. The van der Waals surface area contributed by atoms with Crippen LogP contribution in [0.5, 0.6) is 5.75 Å². The minimum atomic E-state index is 0.369. The van der Waals surface area contributed by atoms with Crippen molar-refractivity contribution in [3.63, 3.8) is 0 Å². The van der Waals surface area contributed by atoms with Crippen LogP contribution in [-0.2, 0) is 6.54 Å². The molecule has 1 aliphatic heterocycles. The van der Waals surface area contributed by atoms with Crippen molar-refractivity contribution in [1.29, 1.82) is 0 Å². The molecule has 1 aromatic carbocycles. The van der Waals surface area contributed by atoms with Crippen molar-refractivity contribution in [2.75, 3.05) is 13.1 Å². The molecule has 1 saturated heterocycles. The number of phenolic OH excluding ortho intramolecular Hbond substituents is 1. The molecule has 1 heterocycles. The summed E-state index contributed by atoms with van der Waals surface area (Å²) in [6, 6.07) is 5.33. The van der Waals surface area contributed by atoms with Crippen LogP contribution in [0.2, 0.25) is 5.02 Å². The minimum Gasteiger partial charge on any atom is -0.508 e. The lowest BCUT2D eigenvalue weighted by Crippen LogP contribution is -2.28. The van der Waals surface area contributed by atoms with Gasteiger partial charge < -0.3 is 5.11 Å². The van der Waals surface area contributed by atoms with Crippen molar-refractivity contribution in [2.24, 2.45) is 11.8 Å². The zero-order valence-corrected chi connectivity index (χ0v) is 11.4. The number of nitrogens with zero attached hydrogens (tertiary/aromatic N) is 1. The van der Waals surface area contributed by atoms with E-state index in [0.29, 0.717) is 10.8 Å². The fourth-order valence-electron chi connectivity index (χ4n) is 3.49. The lowest BCUT2D eigenvalue weighted by Gasteiger charge is -2.25. The van der Waals surface area contributed by atoms with Gasteiger partial charge in [0.05, 0.1) is 0 Å². The molecule has 3 heteroatoms. The van der Waals surface area contributed by atoms with Gasteiger partial charge in [0.25, 0.3) is 0 Å². The highest BCUT2D eigenvalue weighted by atomic mass is 35.5. The molecule has 1 aliphatic carbocycles. The quantitative estimate of drug-likeness (QED) is 0.882. The van der Waals surface area contributed by atoms with Crippen LogP contribution in [0, 0.1) is 11.8 Å². The Morgan fingerprint density at radius 2 is 2.06 bits per heavy atom. The Morgan fingerprint density at radius 3 is 2.94 bits per heavy atom. The SMILES string of the molecule is Oc1ccc(Cl)cc1CN1CC[C@H]2CC[C@@H](C2)C1. The van der Waals surface area contributed by atoms with Gasteiger partial charge in [0.15, 0.2) is 0 Å². The van der Waals surface area contributed by atoms with Gasteiger partial charge in [-0.25, -0.2) is 0 Å². The smallest absolute Gasteiger partial charge is 0.120 e. The average molecular weight is 266 g/mol. The van der Waals surface area contributed by atoms with Gasteiger partial charge in [-0.3, -0.25) is 4.90 Å². The summed E-state index contributed by atoms with van der Waals surface area (Å²) in [7, 11) is 0. The third-order valence-corrected chi connectivity index (χ3v) is 4.69. The van der Waals surface area contributed by atoms with Crippen molar-refractivity contribution in [1.82, 2.24) is 4.90 Å². The predicted octanol–water partition coefficient (Wildman–Crippen LogP) is 3.67. The molecule has 1 saturated carbocycles. The molecule has 3 rings (SSSR count). The molecule has 1 N–H and O–H groups in total. The van der Waals surface area contributed by atoms with Crippen LogP contribution in [0.4, 0.5) is 0 Å². The Morgan fingerprint density at radius 1 is 1.22 bits per heavy atom. The maximum atomic E-state index is 9.88. The number of rotatable bonds is 2. The Hall–Kier alpha value is -0.730. The predicted molar refractivity (Wildman–Crippen MR) is 73.8 cm³/mol. The van der Waals surface area contributed by atoms with E-state index in [1.165, 1.54) is 32.2 Å². The Bertz CT molecular complexity index is 435. The van der Waals surface area contributed by atoms with E-state index in [-0.39, 0.29) is 0 Å². The molecule has 0 unspecified atom stereocenters. The summed E-state index contributed by atoms with van der Waals surface area (Å²) in [5, 5.41) is 10.6. The van der Waals surface area contributed by atoms with Crippen molar-refractivity contribution in [3.05, 3.63) is 28.8 Å². The van der Waals surface area contributed by atoms with E-state index in [1.807, 2.05) is 6.07 Å². The van der Waals surface area contributed by atoms with Gasteiger partial charge in [0.2, 0.25) is 0 Å². The van der Waals surface area contributed by atoms with Crippen LogP contribution in [0.1, 0.15) is 31.2 Å². The van der Waals surface area contributed by atoms with Gasteiger partial charge in [-0.1, -0.05) is 18.0 Å². The zero-order chi connectivity index (χ0) is 12.5. The molecule has 2 nitrogen and oxygen atoms in total. The maximum absolute atomic E-state index is 9.88. The van der Waals surface area contributed by atoms with Crippen LogP contribution in [0.25, 0.3) is 0 Å². The molecule has 18 heavy (non-hydrogen) atoms. The fraction of sp³-hybridized carbons (Fsp3) is 0.600. The second kappa shape index (κ2) is 5.10. The summed E-state index contributed by atoms with van der Waals surface area (Å²) < 4.78 is 0. The zero-order valence-electron chi connectivity index (χ0n) is 10.6. The number of hydrogen-bond donors (Lipinski definition) is 1. The first kappa shape index (κ1) is 12.3. The number of halogens is 1. The molecule has 0 aromatic heterocycles. The van der Waals surface area contributed by atoms with Gasteiger partial charge in [-0.05, 0) is 55.8 Å². The highest BCUT2D eigenvalue weighted by Gasteiger charge is 2.30. The van der Waals surface area contributed by atoms with E-state index in [1.54, 1.807) is 12.1 Å². The molecule has 1 aromatic rings. The Balaban J connectivity index is 1.70. The number of fused-ring (bicyclic) bond motifs is 2. The van der Waals surface area contributed by atoms with Crippen LogP contribution in [-0.4, -0.2) is 23.1 Å². The third-order valence-electron chi connectivity index (χ3n) is 4.46. The minimum absolute atomic E-state index is 0.369. The summed E-state index contributed by atoms with van der Waals surface area (Å²) in [6.07, 6.45) is 5.56. The van der Waals surface area contributed by atoms with Gasteiger partial charge in [-0.15, -0.1) is 0 Å². The second-order valence-corrected chi connectivity index (χ2v) is 6.28. The van der Waals surface area contributed by atoms with Crippen molar-refractivity contribution in [2.45, 2.75) is 32.2 Å². The van der Waals surface area contributed by atoms with E-state index in [2.05, 4.69) is 4.90 Å². The van der Waals surface area contributed by atoms with E-state index in [4.69, 9.17) is 11.6 Å². The largest absolute Gasteiger partial charge is 0.508 e. The highest BCUT2D eigenvalue weighted by Crippen LogP contribution is 2.37. The van der Waals surface area contributed by atoms with Crippen molar-refractivity contribution >= 4 is 11.6 Å². The first-order chi connectivity index (χ1) is 8.70. The van der Waals surface area contributed by atoms with Crippen molar-refractivity contribution < 1.29 is 5.11 Å². The van der Waals surface area contributed by atoms with Crippen LogP contribution >= 0.6 is 11.6 Å². The van der Waals surface area contributed by atoms with Crippen molar-refractivity contribution in [3.8, 4) is 5.75 Å². The first-order valence-electron chi connectivity index (χ1n) is 6.90.